The van der Waals surface area contributed by atoms with E-state index in [-0.39, 0.29) is 33.6 Å². The minimum atomic E-state index is -0.348. The van der Waals surface area contributed by atoms with Crippen molar-refractivity contribution in [2.45, 2.75) is 13.0 Å². The maximum Gasteiger partial charge on any atom is 0.274 e. The molecule has 0 saturated carbocycles. The highest BCUT2D eigenvalue weighted by atomic mass is 35.5. The number of hydrogen-bond donors (Lipinski definition) is 0. The van der Waals surface area contributed by atoms with E-state index in [1.165, 1.54) is 29.2 Å². The molecule has 0 bridgehead atoms. The Kier molecular flexibility index (Phi) is 4.80. The van der Waals surface area contributed by atoms with E-state index < -0.39 is 0 Å². The molecule has 0 aliphatic heterocycles. The van der Waals surface area contributed by atoms with Gasteiger partial charge >= 0.3 is 0 Å². The fourth-order valence-electron chi connectivity index (χ4n) is 1.88. The normalized spacial score (nSPS) is 12.0. The van der Waals surface area contributed by atoms with Gasteiger partial charge in [0.25, 0.3) is 5.91 Å². The lowest BCUT2D eigenvalue weighted by Crippen LogP contribution is -2.30. The summed E-state index contributed by atoms with van der Waals surface area (Å²) in [4.78, 5) is 17.9. The van der Waals surface area contributed by atoms with Crippen LogP contribution >= 0.6 is 23.2 Å². The van der Waals surface area contributed by atoms with Gasteiger partial charge in [-0.1, -0.05) is 35.3 Å². The number of carbonyl (C=O) groups is 1. The van der Waals surface area contributed by atoms with Crippen molar-refractivity contribution in [2.75, 3.05) is 7.05 Å². The number of aromatic nitrogens is 1. The second-order valence-corrected chi connectivity index (χ2v) is 5.40. The first kappa shape index (κ1) is 15.7. The molecule has 0 aliphatic rings. The molecule has 1 amide bonds. The molecular formula is C15H13Cl2FN2O. The van der Waals surface area contributed by atoms with Gasteiger partial charge in [0.05, 0.1) is 11.1 Å². The van der Waals surface area contributed by atoms with E-state index in [4.69, 9.17) is 23.2 Å². The fraction of sp³-hybridized carbons (Fsp3) is 0.200. The Balaban J connectivity index is 2.26. The monoisotopic (exact) mass is 326 g/mol. The van der Waals surface area contributed by atoms with Crippen molar-refractivity contribution < 1.29 is 9.18 Å². The summed E-state index contributed by atoms with van der Waals surface area (Å²) in [6.07, 6.45) is 0. The van der Waals surface area contributed by atoms with E-state index in [2.05, 4.69) is 4.98 Å². The maximum absolute atomic E-state index is 12.9. The Morgan fingerprint density at radius 3 is 2.43 bits per heavy atom. The molecule has 1 aromatic carbocycles. The number of rotatable bonds is 3. The van der Waals surface area contributed by atoms with Crippen molar-refractivity contribution in [3.8, 4) is 0 Å². The van der Waals surface area contributed by atoms with Crippen LogP contribution < -0.4 is 0 Å². The summed E-state index contributed by atoms with van der Waals surface area (Å²) in [5.74, 6) is -0.668. The molecule has 1 heterocycles. The number of nitrogens with zero attached hydrogens (tertiary/aromatic N) is 2. The maximum atomic E-state index is 12.9. The fourth-order valence-corrected chi connectivity index (χ4v) is 2.21. The van der Waals surface area contributed by atoms with Gasteiger partial charge < -0.3 is 4.90 Å². The third kappa shape index (κ3) is 3.52. The Bertz CT molecular complexity index is 661. The van der Waals surface area contributed by atoms with Crippen molar-refractivity contribution >= 4 is 29.1 Å². The molecule has 1 atom stereocenters. The van der Waals surface area contributed by atoms with E-state index >= 15 is 0 Å². The molecular weight excluding hydrogens is 314 g/mol. The second-order valence-electron chi connectivity index (χ2n) is 4.61. The molecule has 0 spiro atoms. The topological polar surface area (TPSA) is 33.2 Å². The van der Waals surface area contributed by atoms with Crippen LogP contribution in [0.1, 0.15) is 29.0 Å². The molecule has 1 unspecified atom stereocenters. The van der Waals surface area contributed by atoms with E-state index in [1.807, 2.05) is 6.92 Å². The van der Waals surface area contributed by atoms with Gasteiger partial charge in [0, 0.05) is 7.05 Å². The van der Waals surface area contributed by atoms with Gasteiger partial charge in [-0.3, -0.25) is 4.79 Å². The zero-order valence-corrected chi connectivity index (χ0v) is 13.0. The lowest BCUT2D eigenvalue weighted by atomic mass is 10.1. The Morgan fingerprint density at radius 1 is 1.19 bits per heavy atom. The summed E-state index contributed by atoms with van der Waals surface area (Å²) < 4.78 is 12.9. The van der Waals surface area contributed by atoms with Crippen molar-refractivity contribution in [3.63, 3.8) is 0 Å². The predicted molar refractivity (Wildman–Crippen MR) is 81.2 cm³/mol. The molecule has 0 N–H and O–H groups in total. The largest absolute Gasteiger partial charge is 0.334 e. The average Bonchev–Trinajstić information content (AvgIpc) is 2.48. The third-order valence-electron chi connectivity index (χ3n) is 3.27. The number of carbonyl (C=O) groups excluding carboxylic acids is 1. The first-order valence-electron chi connectivity index (χ1n) is 6.25. The number of amides is 1. The van der Waals surface area contributed by atoms with Gasteiger partial charge in [-0.2, -0.15) is 0 Å². The van der Waals surface area contributed by atoms with Gasteiger partial charge in [-0.05, 0) is 36.8 Å². The Labute approximate surface area is 132 Å². The van der Waals surface area contributed by atoms with Crippen LogP contribution in [0.15, 0.2) is 36.4 Å². The highest BCUT2D eigenvalue weighted by molar-refractivity contribution is 6.34. The van der Waals surface area contributed by atoms with E-state index in [9.17, 15) is 9.18 Å². The van der Waals surface area contributed by atoms with Crippen molar-refractivity contribution in [2.24, 2.45) is 0 Å². The molecule has 0 radical (unpaired) electrons. The summed E-state index contributed by atoms with van der Waals surface area (Å²) in [5, 5.41) is 0.438. The molecule has 2 aromatic rings. The summed E-state index contributed by atoms with van der Waals surface area (Å²) in [6, 6.07) is 8.77. The smallest absolute Gasteiger partial charge is 0.274 e. The van der Waals surface area contributed by atoms with Gasteiger partial charge in [0.2, 0.25) is 0 Å². The lowest BCUT2D eigenvalue weighted by molar-refractivity contribution is 0.0737. The van der Waals surface area contributed by atoms with Crippen molar-refractivity contribution in [1.82, 2.24) is 9.88 Å². The number of benzene rings is 1. The lowest BCUT2D eigenvalue weighted by Gasteiger charge is -2.25. The van der Waals surface area contributed by atoms with Gasteiger partial charge in [-0.15, -0.1) is 0 Å². The van der Waals surface area contributed by atoms with Gasteiger partial charge in [-0.25, -0.2) is 9.37 Å². The molecule has 6 heteroatoms. The highest BCUT2D eigenvalue weighted by Gasteiger charge is 2.22. The summed E-state index contributed by atoms with van der Waals surface area (Å²) in [7, 11) is 1.63. The zero-order valence-electron chi connectivity index (χ0n) is 11.5. The number of halogens is 3. The van der Waals surface area contributed by atoms with Crippen molar-refractivity contribution in [3.05, 3.63) is 63.6 Å². The van der Waals surface area contributed by atoms with Crippen molar-refractivity contribution in [1.29, 1.82) is 0 Å². The van der Waals surface area contributed by atoms with Crippen LogP contribution in [0.3, 0.4) is 0 Å². The number of hydrogen-bond acceptors (Lipinski definition) is 2. The molecule has 2 rings (SSSR count). The van der Waals surface area contributed by atoms with Crippen LogP contribution in [0.25, 0.3) is 0 Å². The van der Waals surface area contributed by atoms with Crippen LogP contribution in [0.2, 0.25) is 10.2 Å². The SMILES string of the molecule is CC(c1ccc(F)cc1)N(C)C(=O)c1nc(Cl)ccc1Cl. The highest BCUT2D eigenvalue weighted by Crippen LogP contribution is 2.24. The number of pyridine rings is 1. The molecule has 0 aliphatic carbocycles. The Hall–Kier alpha value is -1.65. The molecule has 0 saturated heterocycles. The van der Waals surface area contributed by atoms with E-state index in [1.54, 1.807) is 19.2 Å². The van der Waals surface area contributed by atoms with Crippen LogP contribution in [-0.2, 0) is 0 Å². The minimum absolute atomic E-state index is 0.0978. The molecule has 3 nitrogen and oxygen atoms in total. The quantitative estimate of drug-likeness (QED) is 0.785. The molecule has 110 valence electrons. The van der Waals surface area contributed by atoms with Crippen LogP contribution in [0.5, 0.6) is 0 Å². The van der Waals surface area contributed by atoms with Gasteiger partial charge in [0.1, 0.15) is 16.7 Å². The molecule has 1 aromatic heterocycles. The van der Waals surface area contributed by atoms with E-state index in [0.717, 1.165) is 5.56 Å². The Morgan fingerprint density at radius 2 is 1.81 bits per heavy atom. The first-order chi connectivity index (χ1) is 9.90. The van der Waals surface area contributed by atoms with Crippen LogP contribution in [0.4, 0.5) is 4.39 Å². The average molecular weight is 327 g/mol. The van der Waals surface area contributed by atoms with Crippen LogP contribution in [-0.4, -0.2) is 22.8 Å². The van der Waals surface area contributed by atoms with E-state index in [0.29, 0.717) is 0 Å². The minimum Gasteiger partial charge on any atom is -0.334 e. The summed E-state index contributed by atoms with van der Waals surface area (Å²) >= 11 is 11.8. The molecule has 21 heavy (non-hydrogen) atoms. The van der Waals surface area contributed by atoms with Crippen LogP contribution in [0, 0.1) is 5.82 Å². The van der Waals surface area contributed by atoms with Gasteiger partial charge in [0.15, 0.2) is 0 Å². The predicted octanol–water partition coefficient (Wildman–Crippen LogP) is 4.36. The summed E-state index contributed by atoms with van der Waals surface area (Å²) in [6.45, 7) is 1.84. The molecule has 0 fully saturated rings. The zero-order chi connectivity index (χ0) is 15.6. The third-order valence-corrected chi connectivity index (χ3v) is 3.78. The standard InChI is InChI=1S/C15H13Cl2FN2O/c1-9(10-3-5-11(18)6-4-10)20(2)15(21)14-12(16)7-8-13(17)19-14/h3-9H,1-2H3. The first-order valence-corrected chi connectivity index (χ1v) is 7.00. The summed E-state index contributed by atoms with van der Waals surface area (Å²) in [5.41, 5.74) is 0.908. The second kappa shape index (κ2) is 6.41.